The molecule has 4 rings (SSSR count). The molecule has 7 amide bonds. The highest BCUT2D eigenvalue weighted by atomic mass is 16.6. The topological polar surface area (TPSA) is 271 Å². The number of likely N-dealkylation sites (tertiary alicyclic amines) is 1. The third-order valence-corrected chi connectivity index (χ3v) is 14.1. The van der Waals surface area contributed by atoms with Crippen LogP contribution in [0.5, 0.6) is 5.75 Å². The second kappa shape index (κ2) is 27.1. The van der Waals surface area contributed by atoms with Crippen molar-refractivity contribution < 1.29 is 67.6 Å². The van der Waals surface area contributed by atoms with Crippen molar-refractivity contribution in [3.8, 4) is 5.75 Å². The molecular weight excluding hydrogens is 959 g/mol. The highest BCUT2D eigenvalue weighted by Crippen LogP contribution is 2.27. The highest BCUT2D eigenvalue weighted by molar-refractivity contribution is 5.97. The van der Waals surface area contributed by atoms with Gasteiger partial charge in [-0.1, -0.05) is 67.5 Å². The number of amides is 7. The number of esters is 2. The summed E-state index contributed by atoms with van der Waals surface area (Å²) >= 11 is 0. The highest BCUT2D eigenvalue weighted by Gasteiger charge is 2.45. The molecule has 0 aliphatic carbocycles. The molecule has 3 aliphatic heterocycles. The van der Waals surface area contributed by atoms with E-state index in [1.807, 2.05) is 27.7 Å². The molecular formula is C53H83N7O14. The largest absolute Gasteiger partial charge is 0.497 e. The zero-order valence-corrected chi connectivity index (χ0v) is 45.6. The molecule has 3 heterocycles. The van der Waals surface area contributed by atoms with Crippen LogP contribution >= 0.6 is 0 Å². The monoisotopic (exact) mass is 1040 g/mol. The molecule has 414 valence electrons. The quantitative estimate of drug-likeness (QED) is 0.166. The average Bonchev–Trinajstić information content (AvgIpc) is 4.04. The summed E-state index contributed by atoms with van der Waals surface area (Å²) < 4.78 is 17.2. The summed E-state index contributed by atoms with van der Waals surface area (Å²) in [4.78, 5) is 134. The molecule has 3 saturated heterocycles. The van der Waals surface area contributed by atoms with Crippen molar-refractivity contribution in [3.05, 3.63) is 29.8 Å². The summed E-state index contributed by atoms with van der Waals surface area (Å²) in [5.41, 5.74) is 0.595. The van der Waals surface area contributed by atoms with Crippen LogP contribution in [0.15, 0.2) is 24.3 Å². The molecule has 0 saturated carbocycles. The molecule has 11 atom stereocenters. The number of fused-ring (bicyclic) bond motifs is 1. The van der Waals surface area contributed by atoms with Crippen LogP contribution in [0.4, 0.5) is 0 Å². The molecule has 1 aromatic rings. The molecule has 0 spiro atoms. The SMILES string of the molecule is COc1ccc(C[C@H]2C(=O)O[C@H](C)[C@H](NC(=O)C(CC(C)C)N(C)C(=O)C3CCCN3C(=O)[C@H](C)O)C(=O)N[C@H](C(C)C)[C@@H](O)CC(=O)O[C@@H](C(C)C)C(=O)N[C@@H](CC(C)C)C(=O)N3CCC[C@H]3C(=O)N2C)cc1. The number of hydrogen-bond acceptors (Lipinski definition) is 14. The minimum atomic E-state index is -1.73. The number of cyclic esters (lactones) is 2. The Bertz CT molecular complexity index is 2150. The normalized spacial score (nSPS) is 27.0. The Morgan fingerprint density at radius 1 is 0.851 bits per heavy atom. The lowest BCUT2D eigenvalue weighted by Gasteiger charge is -2.36. The predicted molar refractivity (Wildman–Crippen MR) is 271 cm³/mol. The van der Waals surface area contributed by atoms with Gasteiger partial charge in [0.25, 0.3) is 11.8 Å². The van der Waals surface area contributed by atoms with Crippen molar-refractivity contribution in [2.24, 2.45) is 23.7 Å². The molecule has 5 N–H and O–H groups in total. The van der Waals surface area contributed by atoms with Gasteiger partial charge < -0.3 is 60.0 Å². The third-order valence-electron chi connectivity index (χ3n) is 14.1. The summed E-state index contributed by atoms with van der Waals surface area (Å²) in [5, 5.41) is 30.0. The Kier molecular flexibility index (Phi) is 22.2. The first-order chi connectivity index (χ1) is 34.7. The van der Waals surface area contributed by atoms with Crippen molar-refractivity contribution >= 4 is 53.3 Å². The van der Waals surface area contributed by atoms with Crippen LogP contribution < -0.4 is 20.7 Å². The molecule has 0 radical (unpaired) electrons. The van der Waals surface area contributed by atoms with E-state index in [9.17, 15) is 53.4 Å². The van der Waals surface area contributed by atoms with E-state index < -0.39 is 138 Å². The van der Waals surface area contributed by atoms with E-state index in [0.29, 0.717) is 24.2 Å². The number of nitrogens with one attached hydrogen (secondary N) is 3. The smallest absolute Gasteiger partial charge is 0.329 e. The van der Waals surface area contributed by atoms with Crippen LogP contribution in [0, 0.1) is 23.7 Å². The number of benzene rings is 1. The fourth-order valence-corrected chi connectivity index (χ4v) is 9.91. The van der Waals surface area contributed by atoms with Gasteiger partial charge in [-0.05, 0) is 93.7 Å². The first kappa shape index (κ1) is 60.7. The predicted octanol–water partition coefficient (Wildman–Crippen LogP) is 1.72. The molecule has 74 heavy (non-hydrogen) atoms. The first-order valence-corrected chi connectivity index (χ1v) is 26.1. The standard InChI is InChI=1S/C53H83N7O14/c1-28(2)24-36-50(68)60-23-15-17-38(60)52(70)58(12)40(26-34-18-20-35(72-13)21-19-34)53(71)73-33(10)44(47(65)55-43(30(5)6)41(62)27-42(63)74-45(31(7)8)48(66)54-36)56-46(64)39(25-29(3)4)57(11)51(69)37-16-14-22-59(37)49(67)32(9)61/h18-21,28-33,36-41,43-45,61-62H,14-17,22-27H2,1-13H3,(H,54,66)(H,55,65)(H,56,64)/t32-,33+,36-,37?,38-,39?,40-,41-,43+,44-,45-/m0/s1. The van der Waals surface area contributed by atoms with Gasteiger partial charge in [0, 0.05) is 33.6 Å². The Labute approximate surface area is 436 Å². The average molecular weight is 1040 g/mol. The van der Waals surface area contributed by atoms with E-state index >= 15 is 0 Å². The maximum atomic E-state index is 14.8. The number of carbonyl (C=O) groups excluding carboxylic acids is 9. The minimum absolute atomic E-state index is 0.0915. The Balaban J connectivity index is 1.85. The Morgan fingerprint density at radius 3 is 2.05 bits per heavy atom. The minimum Gasteiger partial charge on any atom is -0.497 e. The van der Waals surface area contributed by atoms with Gasteiger partial charge in [0.1, 0.15) is 54.2 Å². The lowest BCUT2D eigenvalue weighted by atomic mass is 9.95. The molecule has 21 nitrogen and oxygen atoms in total. The van der Waals surface area contributed by atoms with E-state index in [1.54, 1.807) is 52.0 Å². The van der Waals surface area contributed by atoms with Gasteiger partial charge in [0.15, 0.2) is 6.10 Å². The van der Waals surface area contributed by atoms with Crippen molar-refractivity contribution in [1.82, 2.24) is 35.6 Å². The van der Waals surface area contributed by atoms with Crippen LogP contribution in [0.2, 0.25) is 0 Å². The van der Waals surface area contributed by atoms with E-state index in [2.05, 4.69) is 16.0 Å². The summed E-state index contributed by atoms with van der Waals surface area (Å²) in [6, 6.07) is -1.88. The summed E-state index contributed by atoms with van der Waals surface area (Å²) in [5.74, 6) is -7.70. The third kappa shape index (κ3) is 15.6. The number of aliphatic hydroxyl groups excluding tert-OH is 2. The molecule has 2 unspecified atom stereocenters. The van der Waals surface area contributed by atoms with Gasteiger partial charge in [-0.15, -0.1) is 0 Å². The van der Waals surface area contributed by atoms with E-state index in [1.165, 1.54) is 54.7 Å². The zero-order chi connectivity index (χ0) is 55.5. The number of ether oxygens (including phenoxy) is 3. The van der Waals surface area contributed by atoms with Crippen molar-refractivity contribution in [2.75, 3.05) is 34.3 Å². The second-order valence-corrected chi connectivity index (χ2v) is 21.7. The van der Waals surface area contributed by atoms with Gasteiger partial charge >= 0.3 is 11.9 Å². The molecule has 1 aromatic carbocycles. The van der Waals surface area contributed by atoms with Crippen LogP contribution in [0.25, 0.3) is 0 Å². The molecule has 3 aliphatic rings. The van der Waals surface area contributed by atoms with Gasteiger partial charge in [0.2, 0.25) is 29.5 Å². The van der Waals surface area contributed by atoms with Crippen molar-refractivity contribution in [1.29, 1.82) is 0 Å². The molecule has 21 heteroatoms. The number of likely N-dealkylation sites (N-methyl/N-ethyl adjacent to an activating group) is 2. The van der Waals surface area contributed by atoms with Gasteiger partial charge in [-0.25, -0.2) is 4.79 Å². The lowest BCUT2D eigenvalue weighted by molar-refractivity contribution is -0.162. The van der Waals surface area contributed by atoms with Gasteiger partial charge in [0.05, 0.1) is 25.7 Å². The number of nitrogens with zero attached hydrogens (tertiary/aromatic N) is 4. The van der Waals surface area contributed by atoms with Gasteiger partial charge in [-0.3, -0.25) is 38.4 Å². The maximum Gasteiger partial charge on any atom is 0.329 e. The summed E-state index contributed by atoms with van der Waals surface area (Å²) in [6.07, 6.45) is -4.95. The summed E-state index contributed by atoms with van der Waals surface area (Å²) in [6.45, 7) is 17.1. The van der Waals surface area contributed by atoms with E-state index in [4.69, 9.17) is 14.2 Å². The lowest BCUT2D eigenvalue weighted by Crippen LogP contribution is -2.62. The maximum absolute atomic E-state index is 14.8. The van der Waals surface area contributed by atoms with Crippen LogP contribution in [0.3, 0.4) is 0 Å². The fraction of sp³-hybridized carbons (Fsp3) is 0.717. The van der Waals surface area contributed by atoms with Crippen LogP contribution in [-0.4, -0.2) is 184 Å². The number of methoxy groups -OCH3 is 1. The molecule has 0 aromatic heterocycles. The van der Waals surface area contributed by atoms with Crippen LogP contribution in [-0.2, 0) is 59.0 Å². The molecule has 0 bridgehead atoms. The number of carbonyl (C=O) groups is 9. The second-order valence-electron chi connectivity index (χ2n) is 21.7. The number of rotatable bonds is 14. The number of aliphatic hydroxyl groups is 2. The fourth-order valence-electron chi connectivity index (χ4n) is 9.91. The zero-order valence-electron chi connectivity index (χ0n) is 45.6. The van der Waals surface area contributed by atoms with Crippen LogP contribution in [0.1, 0.15) is 120 Å². The Hall–Kier alpha value is -5.83. The Morgan fingerprint density at radius 2 is 1.49 bits per heavy atom. The van der Waals surface area contributed by atoms with E-state index in [0.717, 1.165) is 0 Å². The molecule has 3 fully saturated rings. The van der Waals surface area contributed by atoms with Crippen molar-refractivity contribution in [2.45, 2.75) is 187 Å². The van der Waals surface area contributed by atoms with Crippen molar-refractivity contribution in [3.63, 3.8) is 0 Å². The number of hydrogen-bond donors (Lipinski definition) is 5. The summed E-state index contributed by atoms with van der Waals surface area (Å²) in [7, 11) is 4.33. The first-order valence-electron chi connectivity index (χ1n) is 26.1. The van der Waals surface area contributed by atoms with E-state index in [-0.39, 0.29) is 57.0 Å². The van der Waals surface area contributed by atoms with Gasteiger partial charge in [-0.2, -0.15) is 0 Å².